The van der Waals surface area contributed by atoms with Crippen molar-refractivity contribution >= 4 is 11.5 Å². The zero-order chi connectivity index (χ0) is 19.9. The molecule has 1 fully saturated rings. The zero-order valence-electron chi connectivity index (χ0n) is 16.9. The van der Waals surface area contributed by atoms with Gasteiger partial charge in [0.05, 0.1) is 18.4 Å². The van der Waals surface area contributed by atoms with Gasteiger partial charge in [0, 0.05) is 18.5 Å². The molecule has 1 unspecified atom stereocenters. The number of hydrogen-bond donors (Lipinski definition) is 1. The van der Waals surface area contributed by atoms with E-state index in [1.807, 2.05) is 32.0 Å². The number of piperidine rings is 1. The molecule has 4 rings (SSSR count). The van der Waals surface area contributed by atoms with Crippen molar-refractivity contribution in [2.75, 3.05) is 18.0 Å². The van der Waals surface area contributed by atoms with Crippen LogP contribution < -0.4 is 10.5 Å². The van der Waals surface area contributed by atoms with E-state index in [1.165, 1.54) is 10.1 Å². The molecule has 1 saturated heterocycles. The number of fused-ring (bicyclic) bond motifs is 1. The summed E-state index contributed by atoms with van der Waals surface area (Å²) in [6.07, 6.45) is 1.00. The first kappa shape index (κ1) is 18.7. The Kier molecular flexibility index (Phi) is 4.71. The average molecular weight is 381 g/mol. The van der Waals surface area contributed by atoms with Gasteiger partial charge in [0.1, 0.15) is 11.5 Å². The Hall–Kier alpha value is -2.67. The van der Waals surface area contributed by atoms with Crippen LogP contribution in [0.4, 0.5) is 5.69 Å². The Morgan fingerprint density at radius 2 is 1.96 bits per heavy atom. The van der Waals surface area contributed by atoms with E-state index in [-0.39, 0.29) is 17.1 Å². The lowest BCUT2D eigenvalue weighted by Gasteiger charge is -2.44. The van der Waals surface area contributed by atoms with E-state index in [4.69, 9.17) is 4.74 Å². The lowest BCUT2D eigenvalue weighted by atomic mass is 9.80. The standard InChI is InChI=1S/C21H27N5O2/c1-14-18(19(27)26-20(22-14)23-15(2)24-26)25-11-10-17(21(3,4)13-25)28-12-16-8-6-5-7-9-16/h5-9,17H,10-13H2,1-4H3,(H,22,23,24). The molecule has 1 atom stereocenters. The van der Waals surface area contributed by atoms with Gasteiger partial charge in [0.15, 0.2) is 0 Å². The predicted octanol–water partition coefficient (Wildman–Crippen LogP) is 2.86. The molecule has 28 heavy (non-hydrogen) atoms. The van der Waals surface area contributed by atoms with Gasteiger partial charge in [-0.3, -0.25) is 9.89 Å². The number of ether oxygens (including phenoxy) is 1. The van der Waals surface area contributed by atoms with Gasteiger partial charge in [-0.2, -0.15) is 9.50 Å². The lowest BCUT2D eigenvalue weighted by molar-refractivity contribution is -0.0462. The highest BCUT2D eigenvalue weighted by Gasteiger charge is 2.38. The summed E-state index contributed by atoms with van der Waals surface area (Å²) in [6, 6.07) is 10.2. The molecule has 7 heteroatoms. The summed E-state index contributed by atoms with van der Waals surface area (Å²) in [5.41, 5.74) is 2.36. The highest BCUT2D eigenvalue weighted by Crippen LogP contribution is 2.34. The number of aryl methyl sites for hydroxylation is 2. The summed E-state index contributed by atoms with van der Waals surface area (Å²) in [7, 11) is 0. The number of rotatable bonds is 4. The molecule has 0 bridgehead atoms. The van der Waals surface area contributed by atoms with Crippen molar-refractivity contribution in [2.45, 2.75) is 46.8 Å². The number of aromatic nitrogens is 4. The zero-order valence-corrected chi connectivity index (χ0v) is 16.9. The number of H-pyrrole nitrogens is 1. The van der Waals surface area contributed by atoms with Crippen molar-refractivity contribution in [1.29, 1.82) is 0 Å². The third kappa shape index (κ3) is 3.42. The Morgan fingerprint density at radius 3 is 2.68 bits per heavy atom. The highest BCUT2D eigenvalue weighted by atomic mass is 16.5. The Balaban J connectivity index is 1.55. The lowest BCUT2D eigenvalue weighted by Crippen LogP contribution is -2.51. The highest BCUT2D eigenvalue weighted by molar-refractivity contribution is 5.52. The number of hydrogen-bond acceptors (Lipinski definition) is 5. The smallest absolute Gasteiger partial charge is 0.297 e. The van der Waals surface area contributed by atoms with Crippen molar-refractivity contribution < 1.29 is 4.74 Å². The molecule has 148 valence electrons. The maximum atomic E-state index is 13.0. The van der Waals surface area contributed by atoms with E-state index in [2.05, 4.69) is 45.9 Å². The summed E-state index contributed by atoms with van der Waals surface area (Å²) < 4.78 is 7.69. The van der Waals surface area contributed by atoms with Crippen molar-refractivity contribution in [2.24, 2.45) is 5.41 Å². The Labute approximate surface area is 164 Å². The van der Waals surface area contributed by atoms with Crippen LogP contribution in [0.2, 0.25) is 0 Å². The minimum atomic E-state index is -0.0949. The molecule has 3 heterocycles. The molecule has 7 nitrogen and oxygen atoms in total. The first-order chi connectivity index (χ1) is 13.3. The molecule has 1 aliphatic rings. The number of nitrogens with zero attached hydrogens (tertiary/aromatic N) is 4. The van der Waals surface area contributed by atoms with Crippen LogP contribution in [0.15, 0.2) is 35.1 Å². The predicted molar refractivity (Wildman–Crippen MR) is 109 cm³/mol. The van der Waals surface area contributed by atoms with E-state index in [9.17, 15) is 4.79 Å². The molecule has 0 aliphatic carbocycles. The van der Waals surface area contributed by atoms with Crippen molar-refractivity contribution in [3.05, 3.63) is 57.8 Å². The third-order valence-electron chi connectivity index (χ3n) is 5.50. The van der Waals surface area contributed by atoms with Gasteiger partial charge >= 0.3 is 0 Å². The van der Waals surface area contributed by atoms with Crippen LogP contribution in [0.25, 0.3) is 5.78 Å². The number of aromatic amines is 1. The van der Waals surface area contributed by atoms with Crippen LogP contribution in [0, 0.1) is 19.3 Å². The number of nitrogens with one attached hydrogen (secondary N) is 1. The van der Waals surface area contributed by atoms with E-state index in [0.717, 1.165) is 25.2 Å². The average Bonchev–Trinajstić information content (AvgIpc) is 3.01. The van der Waals surface area contributed by atoms with Gasteiger partial charge in [0.2, 0.25) is 0 Å². The maximum absolute atomic E-state index is 13.0. The van der Waals surface area contributed by atoms with Crippen LogP contribution in [0.5, 0.6) is 0 Å². The molecule has 0 radical (unpaired) electrons. The fraction of sp³-hybridized carbons (Fsp3) is 0.476. The van der Waals surface area contributed by atoms with Crippen molar-refractivity contribution in [3.63, 3.8) is 0 Å². The molecule has 1 N–H and O–H groups in total. The molecule has 0 spiro atoms. The molecule has 3 aromatic rings. The first-order valence-electron chi connectivity index (χ1n) is 9.71. The monoisotopic (exact) mass is 381 g/mol. The summed E-state index contributed by atoms with van der Waals surface area (Å²) >= 11 is 0. The van der Waals surface area contributed by atoms with Crippen LogP contribution >= 0.6 is 0 Å². The largest absolute Gasteiger partial charge is 0.373 e. The number of anilines is 1. The topological polar surface area (TPSA) is 75.5 Å². The van der Waals surface area contributed by atoms with E-state index < -0.39 is 0 Å². The second-order valence-corrected chi connectivity index (χ2v) is 8.28. The Bertz CT molecular complexity index is 1040. The van der Waals surface area contributed by atoms with E-state index in [0.29, 0.717) is 23.9 Å². The van der Waals surface area contributed by atoms with Gasteiger partial charge in [-0.05, 0) is 25.8 Å². The second kappa shape index (κ2) is 7.05. The van der Waals surface area contributed by atoms with Crippen molar-refractivity contribution in [3.8, 4) is 0 Å². The molecule has 1 aromatic carbocycles. The second-order valence-electron chi connectivity index (χ2n) is 8.28. The van der Waals surface area contributed by atoms with Crippen LogP contribution in [-0.2, 0) is 11.3 Å². The summed E-state index contributed by atoms with van der Waals surface area (Å²) in [5.74, 6) is 1.10. The quantitative estimate of drug-likeness (QED) is 0.752. The minimum Gasteiger partial charge on any atom is -0.373 e. The van der Waals surface area contributed by atoms with Crippen molar-refractivity contribution in [1.82, 2.24) is 19.6 Å². The maximum Gasteiger partial charge on any atom is 0.297 e. The normalized spacial score (nSPS) is 19.3. The van der Waals surface area contributed by atoms with Gasteiger partial charge < -0.3 is 9.64 Å². The number of benzene rings is 1. The fourth-order valence-corrected chi connectivity index (χ4v) is 4.09. The summed E-state index contributed by atoms with van der Waals surface area (Å²) in [6.45, 7) is 10.2. The van der Waals surface area contributed by atoms with Gasteiger partial charge in [0.25, 0.3) is 11.3 Å². The molecule has 1 aliphatic heterocycles. The molecule has 0 amide bonds. The SMILES string of the molecule is Cc1nc2nc(C)c(N3CCC(OCc4ccccc4)C(C)(C)C3)c(=O)n2[nH]1. The molecule has 2 aromatic heterocycles. The summed E-state index contributed by atoms with van der Waals surface area (Å²) in [4.78, 5) is 24.0. The van der Waals surface area contributed by atoms with Crippen LogP contribution in [0.1, 0.15) is 37.4 Å². The summed E-state index contributed by atoms with van der Waals surface area (Å²) in [5, 5.41) is 2.98. The van der Waals surface area contributed by atoms with E-state index in [1.54, 1.807) is 0 Å². The van der Waals surface area contributed by atoms with Gasteiger partial charge in [-0.15, -0.1) is 0 Å². The molecular weight excluding hydrogens is 354 g/mol. The van der Waals surface area contributed by atoms with E-state index >= 15 is 0 Å². The van der Waals surface area contributed by atoms with Gasteiger partial charge in [-0.25, -0.2) is 4.98 Å². The molecule has 0 saturated carbocycles. The van der Waals surface area contributed by atoms with Gasteiger partial charge in [-0.1, -0.05) is 44.2 Å². The molecular formula is C21H27N5O2. The van der Waals surface area contributed by atoms with Crippen LogP contribution in [-0.4, -0.2) is 38.8 Å². The van der Waals surface area contributed by atoms with Crippen LogP contribution in [0.3, 0.4) is 0 Å². The Morgan fingerprint density at radius 1 is 1.21 bits per heavy atom. The first-order valence-corrected chi connectivity index (χ1v) is 9.71. The third-order valence-corrected chi connectivity index (χ3v) is 5.50. The minimum absolute atomic E-state index is 0.0879. The fourth-order valence-electron chi connectivity index (χ4n) is 4.09.